The molecule has 0 aliphatic rings. The smallest absolute Gasteiger partial charge is 0.127 e. The molecule has 84 valence electrons. The van der Waals surface area contributed by atoms with Crippen LogP contribution < -0.4 is 5.32 Å². The van der Waals surface area contributed by atoms with Crippen LogP contribution in [-0.2, 0) is 6.54 Å². The van der Waals surface area contributed by atoms with Gasteiger partial charge in [-0.15, -0.1) is 0 Å². The molecule has 1 heterocycles. The molecule has 3 heteroatoms. The van der Waals surface area contributed by atoms with E-state index in [9.17, 15) is 0 Å². The molecule has 0 saturated carbocycles. The first-order valence-electron chi connectivity index (χ1n) is 5.45. The lowest BCUT2D eigenvalue weighted by molar-refractivity contribution is 0.406. The average Bonchev–Trinajstić information content (AvgIpc) is 2.73. The molecular weight excluding hydrogens is 200 g/mol. The minimum absolute atomic E-state index is 0.317. The lowest BCUT2D eigenvalue weighted by Crippen LogP contribution is -2.18. The average molecular weight is 216 g/mol. The molecule has 2 aromatic rings. The number of hydrogen-bond acceptors (Lipinski definition) is 3. The van der Waals surface area contributed by atoms with Crippen LogP contribution in [-0.4, -0.2) is 5.16 Å². The molecule has 0 bridgehead atoms. The Morgan fingerprint density at radius 1 is 1.31 bits per heavy atom. The van der Waals surface area contributed by atoms with Crippen LogP contribution in [0.15, 0.2) is 41.1 Å². The highest BCUT2D eigenvalue weighted by atomic mass is 16.5. The van der Waals surface area contributed by atoms with Gasteiger partial charge >= 0.3 is 0 Å². The molecule has 0 aliphatic heterocycles. The number of hydrogen-bond donors (Lipinski definition) is 1. The van der Waals surface area contributed by atoms with Crippen LogP contribution in [0.2, 0.25) is 0 Å². The Morgan fingerprint density at radius 2 is 2.06 bits per heavy atom. The molecule has 0 saturated heterocycles. The SMILES string of the molecule is Cc1conc1CNC(C)c1ccccc1. The van der Waals surface area contributed by atoms with E-state index in [-0.39, 0.29) is 0 Å². The molecule has 16 heavy (non-hydrogen) atoms. The molecule has 0 radical (unpaired) electrons. The van der Waals surface area contributed by atoms with Gasteiger partial charge < -0.3 is 9.84 Å². The van der Waals surface area contributed by atoms with Crippen LogP contribution in [0.1, 0.15) is 29.8 Å². The maximum Gasteiger partial charge on any atom is 0.127 e. The summed E-state index contributed by atoms with van der Waals surface area (Å²) in [5.74, 6) is 0. The largest absolute Gasteiger partial charge is 0.364 e. The first-order chi connectivity index (χ1) is 7.77. The summed E-state index contributed by atoms with van der Waals surface area (Å²) in [6.45, 7) is 4.88. The van der Waals surface area contributed by atoms with Gasteiger partial charge in [-0.25, -0.2) is 0 Å². The molecule has 0 fully saturated rings. The second-order valence-corrected chi connectivity index (χ2v) is 3.96. The zero-order valence-corrected chi connectivity index (χ0v) is 9.60. The van der Waals surface area contributed by atoms with Crippen LogP contribution >= 0.6 is 0 Å². The maximum absolute atomic E-state index is 4.89. The first-order valence-corrected chi connectivity index (χ1v) is 5.45. The molecule has 1 N–H and O–H groups in total. The highest BCUT2D eigenvalue weighted by molar-refractivity contribution is 5.18. The zero-order valence-electron chi connectivity index (χ0n) is 9.60. The van der Waals surface area contributed by atoms with Crippen LogP contribution in [0.5, 0.6) is 0 Å². The number of nitrogens with zero attached hydrogens (tertiary/aromatic N) is 1. The molecular formula is C13H16N2O. The highest BCUT2D eigenvalue weighted by Gasteiger charge is 2.07. The number of aryl methyl sites for hydroxylation is 1. The van der Waals surface area contributed by atoms with Crippen LogP contribution in [0.25, 0.3) is 0 Å². The molecule has 0 aliphatic carbocycles. The third-order valence-electron chi connectivity index (χ3n) is 2.72. The number of benzene rings is 1. The lowest BCUT2D eigenvalue weighted by atomic mass is 10.1. The number of rotatable bonds is 4. The van der Waals surface area contributed by atoms with Gasteiger partial charge in [-0.3, -0.25) is 0 Å². The normalized spacial score (nSPS) is 12.6. The summed E-state index contributed by atoms with van der Waals surface area (Å²) in [7, 11) is 0. The van der Waals surface area contributed by atoms with Crippen molar-refractivity contribution in [1.29, 1.82) is 0 Å². The van der Waals surface area contributed by atoms with Gasteiger partial charge in [-0.05, 0) is 19.4 Å². The Balaban J connectivity index is 1.94. The van der Waals surface area contributed by atoms with Crippen molar-refractivity contribution >= 4 is 0 Å². The molecule has 0 amide bonds. The Bertz CT molecular complexity index is 436. The molecule has 1 aromatic heterocycles. The predicted octanol–water partition coefficient (Wildman–Crippen LogP) is 2.83. The van der Waals surface area contributed by atoms with Gasteiger partial charge in [0, 0.05) is 18.2 Å². The summed E-state index contributed by atoms with van der Waals surface area (Å²) in [6.07, 6.45) is 1.67. The molecule has 0 spiro atoms. The van der Waals surface area contributed by atoms with Crippen LogP contribution in [0.3, 0.4) is 0 Å². The predicted molar refractivity (Wildman–Crippen MR) is 62.9 cm³/mol. The van der Waals surface area contributed by atoms with E-state index in [1.54, 1.807) is 6.26 Å². The Kier molecular flexibility index (Phi) is 3.37. The van der Waals surface area contributed by atoms with Gasteiger partial charge in [-0.1, -0.05) is 35.5 Å². The Hall–Kier alpha value is -1.61. The summed E-state index contributed by atoms with van der Waals surface area (Å²) < 4.78 is 4.89. The fourth-order valence-electron chi connectivity index (χ4n) is 1.59. The van der Waals surface area contributed by atoms with Gasteiger partial charge in [0.05, 0.1) is 0 Å². The van der Waals surface area contributed by atoms with Crippen molar-refractivity contribution in [2.45, 2.75) is 26.4 Å². The summed E-state index contributed by atoms with van der Waals surface area (Å²) in [6, 6.07) is 10.7. The topological polar surface area (TPSA) is 38.1 Å². The Morgan fingerprint density at radius 3 is 2.69 bits per heavy atom. The highest BCUT2D eigenvalue weighted by Crippen LogP contribution is 2.12. The fourth-order valence-corrected chi connectivity index (χ4v) is 1.59. The van der Waals surface area contributed by atoms with Crippen molar-refractivity contribution < 1.29 is 4.52 Å². The first kappa shape index (κ1) is 10.9. The van der Waals surface area contributed by atoms with E-state index in [2.05, 4.69) is 41.7 Å². The summed E-state index contributed by atoms with van der Waals surface area (Å²) in [5, 5.41) is 7.36. The second-order valence-electron chi connectivity index (χ2n) is 3.96. The van der Waals surface area contributed by atoms with Crippen LogP contribution in [0, 0.1) is 6.92 Å². The van der Waals surface area contributed by atoms with Crippen molar-refractivity contribution in [3.63, 3.8) is 0 Å². The van der Waals surface area contributed by atoms with E-state index >= 15 is 0 Å². The third kappa shape index (κ3) is 2.49. The third-order valence-corrected chi connectivity index (χ3v) is 2.72. The van der Waals surface area contributed by atoms with E-state index in [1.165, 1.54) is 5.56 Å². The van der Waals surface area contributed by atoms with Crippen LogP contribution in [0.4, 0.5) is 0 Å². The van der Waals surface area contributed by atoms with Gasteiger partial charge in [-0.2, -0.15) is 0 Å². The standard InChI is InChI=1S/C13H16N2O/c1-10-9-16-15-13(10)8-14-11(2)12-6-4-3-5-7-12/h3-7,9,11,14H,8H2,1-2H3. The minimum Gasteiger partial charge on any atom is -0.364 e. The molecule has 1 aromatic carbocycles. The quantitative estimate of drug-likeness (QED) is 0.854. The van der Waals surface area contributed by atoms with Gasteiger partial charge in [0.2, 0.25) is 0 Å². The summed E-state index contributed by atoms with van der Waals surface area (Å²) in [4.78, 5) is 0. The number of aromatic nitrogens is 1. The summed E-state index contributed by atoms with van der Waals surface area (Å²) >= 11 is 0. The van der Waals surface area contributed by atoms with Crippen molar-refractivity contribution in [3.8, 4) is 0 Å². The van der Waals surface area contributed by atoms with E-state index in [0.29, 0.717) is 6.04 Å². The lowest BCUT2D eigenvalue weighted by Gasteiger charge is -2.13. The van der Waals surface area contributed by atoms with E-state index in [4.69, 9.17) is 4.52 Å². The van der Waals surface area contributed by atoms with Crippen molar-refractivity contribution in [1.82, 2.24) is 10.5 Å². The fraction of sp³-hybridized carbons (Fsp3) is 0.308. The van der Waals surface area contributed by atoms with Crippen molar-refractivity contribution in [2.24, 2.45) is 0 Å². The second kappa shape index (κ2) is 4.94. The maximum atomic E-state index is 4.89. The van der Waals surface area contributed by atoms with Gasteiger partial charge in [0.1, 0.15) is 12.0 Å². The van der Waals surface area contributed by atoms with E-state index in [0.717, 1.165) is 17.8 Å². The van der Waals surface area contributed by atoms with Gasteiger partial charge in [0.25, 0.3) is 0 Å². The number of nitrogens with one attached hydrogen (secondary N) is 1. The monoisotopic (exact) mass is 216 g/mol. The molecule has 1 atom stereocenters. The molecule has 1 unspecified atom stereocenters. The van der Waals surface area contributed by atoms with E-state index in [1.807, 2.05) is 13.0 Å². The van der Waals surface area contributed by atoms with Crippen molar-refractivity contribution in [2.75, 3.05) is 0 Å². The zero-order chi connectivity index (χ0) is 11.4. The molecule has 2 rings (SSSR count). The minimum atomic E-state index is 0.317. The van der Waals surface area contributed by atoms with Crippen molar-refractivity contribution in [3.05, 3.63) is 53.4 Å². The Labute approximate surface area is 95.5 Å². The van der Waals surface area contributed by atoms with E-state index < -0.39 is 0 Å². The van der Waals surface area contributed by atoms with Gasteiger partial charge in [0.15, 0.2) is 0 Å². The summed E-state index contributed by atoms with van der Waals surface area (Å²) in [5.41, 5.74) is 3.35. The molecule has 3 nitrogen and oxygen atoms in total.